The second-order valence-corrected chi connectivity index (χ2v) is 6.24. The smallest absolute Gasteiger partial charge is 0.306 e. The quantitative estimate of drug-likeness (QED) is 0.358. The summed E-state index contributed by atoms with van der Waals surface area (Å²) in [6.45, 7) is 6.14. The molecule has 0 saturated carbocycles. The Morgan fingerprint density at radius 3 is 1.55 bits per heavy atom. The molecule has 1 heterocycles. The van der Waals surface area contributed by atoms with Crippen LogP contribution in [0.2, 0.25) is 0 Å². The highest BCUT2D eigenvalue weighted by molar-refractivity contribution is 5.79. The van der Waals surface area contributed by atoms with E-state index in [0.29, 0.717) is 0 Å². The number of ether oxygens (including phenoxy) is 6. The molecule has 0 spiro atoms. The van der Waals surface area contributed by atoms with Gasteiger partial charge in [-0.3, -0.25) is 19.2 Å². The molecule has 0 bridgehead atoms. The maximum Gasteiger partial charge on any atom is 0.306 e. The van der Waals surface area contributed by atoms with E-state index in [1.165, 1.54) is 7.11 Å². The van der Waals surface area contributed by atoms with E-state index in [4.69, 9.17) is 28.4 Å². The summed E-state index contributed by atoms with van der Waals surface area (Å²) in [5, 5.41) is 0. The number of esters is 3. The van der Waals surface area contributed by atoms with E-state index in [1.54, 1.807) is 27.7 Å². The Bertz CT molecular complexity index is 575. The molecule has 1 rings (SSSR count). The van der Waals surface area contributed by atoms with E-state index in [-0.39, 0.29) is 38.1 Å². The van der Waals surface area contributed by atoms with Gasteiger partial charge in [-0.05, 0) is 0 Å². The van der Waals surface area contributed by atoms with Gasteiger partial charge >= 0.3 is 17.9 Å². The Morgan fingerprint density at radius 1 is 0.690 bits per heavy atom. The largest absolute Gasteiger partial charge is 0.454 e. The molecule has 0 N–H and O–H groups in total. The molecule has 1 saturated heterocycles. The predicted molar refractivity (Wildman–Crippen MR) is 97.4 cm³/mol. The highest BCUT2D eigenvalue weighted by atomic mass is 16.8. The molecular weight excluding hydrogens is 388 g/mol. The predicted octanol–water partition coefficient (Wildman–Crippen LogP) is 1.28. The van der Waals surface area contributed by atoms with Gasteiger partial charge < -0.3 is 28.4 Å². The highest BCUT2D eigenvalue weighted by Crippen LogP contribution is 2.30. The van der Waals surface area contributed by atoms with Gasteiger partial charge in [-0.15, -0.1) is 0 Å². The average Bonchev–Trinajstić information content (AvgIpc) is 2.73. The number of hydrogen-bond donors (Lipinski definition) is 0. The summed E-state index contributed by atoms with van der Waals surface area (Å²) in [5.74, 6) is -2.00. The standard InChI is InChI=1S/C19H30O10/c1-6-11(20)10-25-19-17(28-14(23)9-4)15(26-12(21)7-2)16(18(24-5)29-19)27-13(22)8-3/h15-19H,6-10H2,1-5H3/t15-,16-,17+,18+,19+/m1/s1. The van der Waals surface area contributed by atoms with Gasteiger partial charge in [0.1, 0.15) is 6.61 Å². The zero-order valence-electron chi connectivity index (χ0n) is 17.5. The van der Waals surface area contributed by atoms with Crippen molar-refractivity contribution in [3.8, 4) is 0 Å². The third kappa shape index (κ3) is 7.37. The molecule has 0 aromatic carbocycles. The van der Waals surface area contributed by atoms with Gasteiger partial charge in [-0.2, -0.15) is 0 Å². The van der Waals surface area contributed by atoms with Crippen LogP contribution in [0.5, 0.6) is 0 Å². The summed E-state index contributed by atoms with van der Waals surface area (Å²) < 4.78 is 32.6. The van der Waals surface area contributed by atoms with Crippen molar-refractivity contribution in [1.29, 1.82) is 0 Å². The average molecular weight is 418 g/mol. The van der Waals surface area contributed by atoms with Crippen LogP contribution in [0.15, 0.2) is 0 Å². The molecular formula is C19H30O10. The molecule has 0 unspecified atom stereocenters. The number of hydrogen-bond acceptors (Lipinski definition) is 10. The van der Waals surface area contributed by atoms with Crippen molar-refractivity contribution >= 4 is 23.7 Å². The zero-order valence-corrected chi connectivity index (χ0v) is 17.5. The fourth-order valence-corrected chi connectivity index (χ4v) is 2.47. The van der Waals surface area contributed by atoms with Gasteiger partial charge in [0.25, 0.3) is 0 Å². The van der Waals surface area contributed by atoms with E-state index in [2.05, 4.69) is 0 Å². The molecule has 0 aromatic rings. The van der Waals surface area contributed by atoms with Crippen LogP contribution in [0.3, 0.4) is 0 Å². The minimum Gasteiger partial charge on any atom is -0.454 e. The first kappa shape index (κ1) is 25.0. The van der Waals surface area contributed by atoms with E-state index in [0.717, 1.165) is 0 Å². The molecule has 29 heavy (non-hydrogen) atoms. The fourth-order valence-electron chi connectivity index (χ4n) is 2.47. The molecule has 0 amide bonds. The maximum absolute atomic E-state index is 12.0. The monoisotopic (exact) mass is 418 g/mol. The second kappa shape index (κ2) is 12.5. The fraction of sp³-hybridized carbons (Fsp3) is 0.789. The van der Waals surface area contributed by atoms with Gasteiger partial charge in [0.05, 0.1) is 0 Å². The maximum atomic E-state index is 12.0. The lowest BCUT2D eigenvalue weighted by atomic mass is 10.0. The number of ketones is 1. The van der Waals surface area contributed by atoms with Crippen molar-refractivity contribution in [1.82, 2.24) is 0 Å². The first-order valence-corrected chi connectivity index (χ1v) is 9.71. The first-order valence-electron chi connectivity index (χ1n) is 9.71. The van der Waals surface area contributed by atoms with E-state index in [9.17, 15) is 19.2 Å². The number of rotatable bonds is 11. The van der Waals surface area contributed by atoms with Crippen LogP contribution < -0.4 is 0 Å². The highest BCUT2D eigenvalue weighted by Gasteiger charge is 2.53. The summed E-state index contributed by atoms with van der Waals surface area (Å²) in [7, 11) is 1.31. The third-order valence-corrected chi connectivity index (χ3v) is 4.16. The molecule has 0 aromatic heterocycles. The Labute approximate surface area is 170 Å². The molecule has 10 nitrogen and oxygen atoms in total. The summed E-state index contributed by atoms with van der Waals surface area (Å²) in [4.78, 5) is 47.6. The molecule has 0 aliphatic carbocycles. The second-order valence-electron chi connectivity index (χ2n) is 6.24. The van der Waals surface area contributed by atoms with Gasteiger partial charge in [0.2, 0.25) is 12.6 Å². The summed E-state index contributed by atoms with van der Waals surface area (Å²) in [6.07, 6.45) is -5.75. The van der Waals surface area contributed by atoms with Crippen molar-refractivity contribution in [2.45, 2.75) is 84.3 Å². The SMILES string of the molecule is CCC(=O)CO[C@H]1O[C@H](OC)[C@H](OC(=O)CC)[C@@H](OC(=O)CC)[C@@H]1OC(=O)CC. The van der Waals surface area contributed by atoms with Crippen LogP contribution in [0.1, 0.15) is 53.4 Å². The molecule has 5 atom stereocenters. The first-order chi connectivity index (χ1) is 13.8. The molecule has 166 valence electrons. The lowest BCUT2D eigenvalue weighted by molar-refractivity contribution is -0.347. The molecule has 0 radical (unpaired) electrons. The lowest BCUT2D eigenvalue weighted by Gasteiger charge is -2.43. The Hall–Kier alpha value is -2.04. The van der Waals surface area contributed by atoms with E-state index in [1.807, 2.05) is 0 Å². The number of carbonyl (C=O) groups excluding carboxylic acids is 4. The topological polar surface area (TPSA) is 124 Å². The summed E-state index contributed by atoms with van der Waals surface area (Å²) >= 11 is 0. The number of methoxy groups -OCH3 is 1. The van der Waals surface area contributed by atoms with Crippen LogP contribution in [-0.4, -0.2) is 68.3 Å². The van der Waals surface area contributed by atoms with Crippen LogP contribution in [0, 0.1) is 0 Å². The van der Waals surface area contributed by atoms with Gasteiger partial charge in [0, 0.05) is 32.8 Å². The summed E-state index contributed by atoms with van der Waals surface area (Å²) in [6, 6.07) is 0. The summed E-state index contributed by atoms with van der Waals surface area (Å²) in [5.41, 5.74) is 0. The van der Waals surface area contributed by atoms with Crippen LogP contribution >= 0.6 is 0 Å². The van der Waals surface area contributed by atoms with Crippen LogP contribution in [-0.2, 0) is 47.6 Å². The number of Topliss-reactive ketones (excluding diaryl/α,β-unsaturated/α-hetero) is 1. The normalized spacial score (nSPS) is 26.4. The minimum absolute atomic E-state index is 0.0394. The lowest BCUT2D eigenvalue weighted by Crippen LogP contribution is -2.62. The Kier molecular flexibility index (Phi) is 10.8. The van der Waals surface area contributed by atoms with Gasteiger partial charge in [0.15, 0.2) is 24.1 Å². The van der Waals surface area contributed by atoms with Crippen molar-refractivity contribution in [3.05, 3.63) is 0 Å². The Balaban J connectivity index is 3.25. The van der Waals surface area contributed by atoms with Gasteiger partial charge in [-0.25, -0.2) is 0 Å². The minimum atomic E-state index is -1.27. The van der Waals surface area contributed by atoms with Crippen molar-refractivity contribution < 1.29 is 47.6 Å². The van der Waals surface area contributed by atoms with Crippen molar-refractivity contribution in [3.63, 3.8) is 0 Å². The van der Waals surface area contributed by atoms with Crippen LogP contribution in [0.25, 0.3) is 0 Å². The number of carbonyl (C=O) groups is 4. The van der Waals surface area contributed by atoms with E-state index >= 15 is 0 Å². The Morgan fingerprint density at radius 2 is 1.14 bits per heavy atom. The van der Waals surface area contributed by atoms with E-state index < -0.39 is 48.8 Å². The zero-order chi connectivity index (χ0) is 22.0. The van der Waals surface area contributed by atoms with Crippen molar-refractivity contribution in [2.75, 3.05) is 13.7 Å². The molecule has 1 aliphatic heterocycles. The third-order valence-electron chi connectivity index (χ3n) is 4.16. The molecule has 10 heteroatoms. The van der Waals surface area contributed by atoms with Gasteiger partial charge in [-0.1, -0.05) is 27.7 Å². The molecule has 1 aliphatic rings. The molecule has 1 fully saturated rings. The van der Waals surface area contributed by atoms with Crippen molar-refractivity contribution in [2.24, 2.45) is 0 Å². The van der Waals surface area contributed by atoms with Crippen LogP contribution in [0.4, 0.5) is 0 Å².